The van der Waals surface area contributed by atoms with E-state index >= 15 is 0 Å². The molecule has 0 atom stereocenters. The quantitative estimate of drug-likeness (QED) is 0.700. The molecule has 0 N–H and O–H groups in total. The molecule has 1 heteroatoms. The van der Waals surface area contributed by atoms with Crippen LogP contribution in [0, 0.1) is 9.99 Å². The van der Waals surface area contributed by atoms with Crippen molar-refractivity contribution >= 4 is 22.6 Å². The highest BCUT2D eigenvalue weighted by molar-refractivity contribution is 14.1. The Bertz CT molecular complexity index is 228. The average Bonchev–Trinajstić information content (AvgIpc) is 1.94. The molecule has 0 aliphatic heterocycles. The Kier molecular flexibility index (Phi) is 2.93. The fourth-order valence-corrected chi connectivity index (χ4v) is 1.30. The van der Waals surface area contributed by atoms with Crippen molar-refractivity contribution in [1.82, 2.24) is 0 Å². The first-order valence-corrected chi connectivity index (χ1v) is 4.13. The monoisotopic (exact) mass is 243 g/mol. The van der Waals surface area contributed by atoms with Gasteiger partial charge in [0, 0.05) is 9.99 Å². The van der Waals surface area contributed by atoms with E-state index < -0.39 is 0 Å². The molecule has 0 spiro atoms. The summed E-state index contributed by atoms with van der Waals surface area (Å²) in [5.41, 5.74) is 1.23. The molecule has 0 heterocycles. The molecule has 1 aromatic carbocycles. The summed E-state index contributed by atoms with van der Waals surface area (Å²) in [7, 11) is 0. The van der Waals surface area contributed by atoms with Gasteiger partial charge in [0.15, 0.2) is 0 Å². The first kappa shape index (κ1) is 7.79. The maximum Gasteiger partial charge on any atom is 0.0168 e. The number of rotatable bonds is 2. The van der Waals surface area contributed by atoms with Crippen LogP contribution in [0.1, 0.15) is 5.56 Å². The van der Waals surface area contributed by atoms with Gasteiger partial charge in [0.25, 0.3) is 0 Å². The molecule has 10 heavy (non-hydrogen) atoms. The maximum absolute atomic E-state index is 3.64. The van der Waals surface area contributed by atoms with Gasteiger partial charge in [0.05, 0.1) is 0 Å². The van der Waals surface area contributed by atoms with Gasteiger partial charge in [-0.05, 0) is 34.2 Å². The van der Waals surface area contributed by atoms with Gasteiger partial charge in [0.1, 0.15) is 0 Å². The van der Waals surface area contributed by atoms with Crippen molar-refractivity contribution in [3.8, 4) is 0 Å². The van der Waals surface area contributed by atoms with E-state index in [1.165, 1.54) is 9.13 Å². The van der Waals surface area contributed by atoms with Crippen LogP contribution in [0.15, 0.2) is 36.9 Å². The van der Waals surface area contributed by atoms with E-state index in [0.29, 0.717) is 0 Å². The van der Waals surface area contributed by atoms with Crippen LogP contribution >= 0.6 is 22.6 Å². The molecular formula is C9H8I. The third-order valence-electron chi connectivity index (χ3n) is 1.20. The molecule has 1 rings (SSSR count). The Morgan fingerprint density at radius 3 is 2.60 bits per heavy atom. The number of allylic oxidation sites excluding steroid dienone is 1. The van der Waals surface area contributed by atoms with E-state index in [0.717, 1.165) is 0 Å². The van der Waals surface area contributed by atoms with Gasteiger partial charge in [-0.2, -0.15) is 0 Å². The number of benzene rings is 1. The second-order valence-electron chi connectivity index (χ2n) is 1.92. The number of halogens is 1. The zero-order valence-electron chi connectivity index (χ0n) is 5.55. The minimum absolute atomic E-state index is 1.23. The molecule has 0 aromatic heterocycles. The van der Waals surface area contributed by atoms with Gasteiger partial charge in [-0.25, -0.2) is 0 Å². The SMILES string of the molecule is C=C[CH]c1ccccc1I. The van der Waals surface area contributed by atoms with Crippen LogP contribution in [-0.4, -0.2) is 0 Å². The molecule has 0 aliphatic carbocycles. The summed E-state index contributed by atoms with van der Waals surface area (Å²) < 4.78 is 1.26. The van der Waals surface area contributed by atoms with E-state index in [1.807, 2.05) is 18.6 Å². The van der Waals surface area contributed by atoms with Gasteiger partial charge in [-0.3, -0.25) is 0 Å². The Morgan fingerprint density at radius 2 is 2.00 bits per heavy atom. The molecule has 0 fully saturated rings. The van der Waals surface area contributed by atoms with Crippen LogP contribution in [0.25, 0.3) is 0 Å². The minimum atomic E-state index is 1.23. The summed E-state index contributed by atoms with van der Waals surface area (Å²) in [6, 6.07) is 8.21. The Labute approximate surface area is 75.1 Å². The van der Waals surface area contributed by atoms with E-state index in [-0.39, 0.29) is 0 Å². The van der Waals surface area contributed by atoms with Crippen LogP contribution in [0.4, 0.5) is 0 Å². The third kappa shape index (κ3) is 1.84. The fourth-order valence-electron chi connectivity index (χ4n) is 0.737. The lowest BCUT2D eigenvalue weighted by atomic mass is 10.2. The highest BCUT2D eigenvalue weighted by Crippen LogP contribution is 2.12. The maximum atomic E-state index is 3.64. The summed E-state index contributed by atoms with van der Waals surface area (Å²) in [5.74, 6) is 0. The smallest absolute Gasteiger partial charge is 0.0168 e. The molecule has 1 radical (unpaired) electrons. The predicted molar refractivity (Wildman–Crippen MR) is 52.8 cm³/mol. The Morgan fingerprint density at radius 1 is 1.30 bits per heavy atom. The van der Waals surface area contributed by atoms with Crippen molar-refractivity contribution in [2.75, 3.05) is 0 Å². The lowest BCUT2D eigenvalue weighted by molar-refractivity contribution is 1.48. The standard InChI is InChI=1S/C9H8I/c1-2-5-8-6-3-4-7-9(8)10/h2-7H,1H2. The van der Waals surface area contributed by atoms with Crippen molar-refractivity contribution in [3.63, 3.8) is 0 Å². The third-order valence-corrected chi connectivity index (χ3v) is 2.19. The normalized spacial score (nSPS) is 9.30. The van der Waals surface area contributed by atoms with Gasteiger partial charge >= 0.3 is 0 Å². The Balaban J connectivity index is 2.91. The topological polar surface area (TPSA) is 0 Å². The van der Waals surface area contributed by atoms with Crippen molar-refractivity contribution < 1.29 is 0 Å². The van der Waals surface area contributed by atoms with Gasteiger partial charge in [-0.15, -0.1) is 6.58 Å². The summed E-state index contributed by atoms with van der Waals surface area (Å²) in [5, 5.41) is 0. The lowest BCUT2D eigenvalue weighted by Gasteiger charge is -1.97. The lowest BCUT2D eigenvalue weighted by Crippen LogP contribution is -1.81. The average molecular weight is 243 g/mol. The second kappa shape index (κ2) is 3.76. The first-order chi connectivity index (χ1) is 4.84. The van der Waals surface area contributed by atoms with Gasteiger partial charge in [-0.1, -0.05) is 24.3 Å². The highest BCUT2D eigenvalue weighted by atomic mass is 127. The molecule has 51 valence electrons. The van der Waals surface area contributed by atoms with E-state index in [2.05, 4.69) is 41.3 Å². The summed E-state index contributed by atoms with van der Waals surface area (Å²) in [6.07, 6.45) is 3.80. The van der Waals surface area contributed by atoms with Crippen LogP contribution in [-0.2, 0) is 0 Å². The molecule has 0 nitrogen and oxygen atoms in total. The van der Waals surface area contributed by atoms with Crippen molar-refractivity contribution in [2.24, 2.45) is 0 Å². The van der Waals surface area contributed by atoms with Crippen molar-refractivity contribution in [3.05, 3.63) is 52.5 Å². The van der Waals surface area contributed by atoms with Crippen molar-refractivity contribution in [2.45, 2.75) is 0 Å². The largest absolute Gasteiger partial charge is 0.102 e. The Hall–Kier alpha value is -0.310. The molecule has 0 bridgehead atoms. The van der Waals surface area contributed by atoms with E-state index in [4.69, 9.17) is 0 Å². The highest BCUT2D eigenvalue weighted by Gasteiger charge is 1.93. The number of hydrogen-bond donors (Lipinski definition) is 0. The van der Waals surface area contributed by atoms with Crippen LogP contribution in [0.2, 0.25) is 0 Å². The summed E-state index contributed by atoms with van der Waals surface area (Å²) in [4.78, 5) is 0. The van der Waals surface area contributed by atoms with E-state index in [9.17, 15) is 0 Å². The molecule has 0 amide bonds. The predicted octanol–water partition coefficient (Wildman–Crippen LogP) is 3.03. The van der Waals surface area contributed by atoms with Crippen LogP contribution < -0.4 is 0 Å². The summed E-state index contributed by atoms with van der Waals surface area (Å²) >= 11 is 2.30. The zero-order valence-corrected chi connectivity index (χ0v) is 7.71. The molecule has 1 aromatic rings. The number of hydrogen-bond acceptors (Lipinski definition) is 0. The fraction of sp³-hybridized carbons (Fsp3) is 0. The molecule has 0 unspecified atom stereocenters. The first-order valence-electron chi connectivity index (χ1n) is 3.05. The molecule has 0 saturated heterocycles. The van der Waals surface area contributed by atoms with Gasteiger partial charge in [0.2, 0.25) is 0 Å². The van der Waals surface area contributed by atoms with Gasteiger partial charge < -0.3 is 0 Å². The van der Waals surface area contributed by atoms with E-state index in [1.54, 1.807) is 6.08 Å². The second-order valence-corrected chi connectivity index (χ2v) is 3.09. The molecule has 0 aliphatic rings. The van der Waals surface area contributed by atoms with Crippen molar-refractivity contribution in [1.29, 1.82) is 0 Å². The van der Waals surface area contributed by atoms with Crippen LogP contribution in [0.3, 0.4) is 0 Å². The zero-order chi connectivity index (χ0) is 7.40. The summed E-state index contributed by atoms with van der Waals surface area (Å²) in [6.45, 7) is 3.64. The molecular weight excluding hydrogens is 235 g/mol. The minimum Gasteiger partial charge on any atom is -0.102 e. The van der Waals surface area contributed by atoms with Crippen LogP contribution in [0.5, 0.6) is 0 Å². The molecule has 0 saturated carbocycles.